The molecule has 2 N–H and O–H groups in total. The molecule has 5 aliphatic rings. The first-order valence-corrected chi connectivity index (χ1v) is 12.4. The van der Waals surface area contributed by atoms with Crippen molar-refractivity contribution >= 4 is 0 Å². The molecule has 0 saturated heterocycles. The van der Waals surface area contributed by atoms with Crippen molar-refractivity contribution in [1.82, 2.24) is 4.90 Å². The monoisotopic (exact) mass is 386 g/mol. The number of rotatable bonds is 2. The van der Waals surface area contributed by atoms with E-state index in [1.54, 1.807) is 6.42 Å². The highest BCUT2D eigenvalue weighted by Crippen LogP contribution is 2.88. The van der Waals surface area contributed by atoms with E-state index in [1.807, 2.05) is 0 Å². The smallest absolute Gasteiger partial charge is 0.00945 e. The van der Waals surface area contributed by atoms with Gasteiger partial charge in [-0.3, -0.25) is 0 Å². The summed E-state index contributed by atoms with van der Waals surface area (Å²) in [5.74, 6) is 2.72. The van der Waals surface area contributed by atoms with E-state index in [0.29, 0.717) is 39.2 Å². The van der Waals surface area contributed by atoms with Crippen LogP contribution in [0.15, 0.2) is 0 Å². The second-order valence-electron chi connectivity index (χ2n) is 13.3. The number of hydrogen-bond donors (Lipinski definition) is 1. The van der Waals surface area contributed by atoms with Crippen LogP contribution in [0.25, 0.3) is 0 Å². The Morgan fingerprint density at radius 3 is 2.11 bits per heavy atom. The molecule has 9 unspecified atom stereocenters. The first-order chi connectivity index (χ1) is 13.0. The van der Waals surface area contributed by atoms with E-state index in [1.165, 1.54) is 51.4 Å². The quantitative estimate of drug-likeness (QED) is 0.659. The van der Waals surface area contributed by atoms with E-state index in [2.05, 4.69) is 53.6 Å². The van der Waals surface area contributed by atoms with Crippen LogP contribution in [0.2, 0.25) is 0 Å². The van der Waals surface area contributed by atoms with Crippen LogP contribution in [0, 0.1) is 44.8 Å². The summed E-state index contributed by atoms with van der Waals surface area (Å²) in [4.78, 5) is 2.49. The van der Waals surface area contributed by atoms with E-state index in [-0.39, 0.29) is 0 Å². The molecular weight excluding hydrogens is 340 g/mol. The highest BCUT2D eigenvalue weighted by atomic mass is 15.1. The van der Waals surface area contributed by atoms with Gasteiger partial charge in [0.05, 0.1) is 0 Å². The van der Waals surface area contributed by atoms with E-state index in [9.17, 15) is 0 Å². The van der Waals surface area contributed by atoms with Crippen molar-refractivity contribution in [1.29, 1.82) is 0 Å². The molecule has 160 valence electrons. The molecule has 0 radical (unpaired) electrons. The Balaban J connectivity index is 1.50. The standard InChI is InChI=1S/C26H46N2/c1-17(28(6)7)18-10-12-24(5)20-9-8-19-22(2,3)21(27)11-13-25(19)16-26(20,25)15-14-23(18,24)4/h17-21H,8-16,27H2,1-7H3. The van der Waals surface area contributed by atoms with Crippen molar-refractivity contribution < 1.29 is 0 Å². The van der Waals surface area contributed by atoms with Gasteiger partial charge in [-0.25, -0.2) is 0 Å². The number of hydrogen-bond acceptors (Lipinski definition) is 2. The summed E-state index contributed by atoms with van der Waals surface area (Å²) in [6, 6.07) is 1.12. The molecule has 9 atom stereocenters. The summed E-state index contributed by atoms with van der Waals surface area (Å²) >= 11 is 0. The third-order valence-electron chi connectivity index (χ3n) is 12.7. The van der Waals surface area contributed by atoms with Gasteiger partial charge in [0.1, 0.15) is 0 Å². The van der Waals surface area contributed by atoms with Crippen molar-refractivity contribution in [2.75, 3.05) is 14.1 Å². The lowest BCUT2D eigenvalue weighted by molar-refractivity contribution is -0.144. The van der Waals surface area contributed by atoms with Gasteiger partial charge < -0.3 is 10.6 Å². The Bertz CT molecular complexity index is 669. The molecule has 0 aliphatic heterocycles. The third-order valence-corrected chi connectivity index (χ3v) is 12.7. The zero-order valence-corrected chi connectivity index (χ0v) is 19.8. The maximum absolute atomic E-state index is 6.67. The Morgan fingerprint density at radius 1 is 0.786 bits per heavy atom. The SMILES string of the molecule is CC(C1CCC2(C)C3CCC4C(C)(C)C(N)CCC45CC35CCC12C)N(C)C. The normalized spacial score (nSPS) is 57.8. The summed E-state index contributed by atoms with van der Waals surface area (Å²) in [7, 11) is 4.59. The van der Waals surface area contributed by atoms with Gasteiger partial charge in [0.25, 0.3) is 0 Å². The van der Waals surface area contributed by atoms with Gasteiger partial charge in [-0.15, -0.1) is 0 Å². The first-order valence-electron chi connectivity index (χ1n) is 12.4. The van der Waals surface area contributed by atoms with Crippen molar-refractivity contribution in [3.8, 4) is 0 Å². The first kappa shape index (κ1) is 19.9. The molecule has 2 heteroatoms. The molecule has 2 nitrogen and oxygen atoms in total. The van der Waals surface area contributed by atoms with Crippen molar-refractivity contribution in [3.63, 3.8) is 0 Å². The molecule has 0 aromatic heterocycles. The summed E-state index contributed by atoms with van der Waals surface area (Å²) < 4.78 is 0. The Kier molecular flexibility index (Phi) is 3.96. The van der Waals surface area contributed by atoms with Crippen LogP contribution < -0.4 is 5.73 Å². The largest absolute Gasteiger partial charge is 0.327 e. The highest BCUT2D eigenvalue weighted by Gasteiger charge is 2.82. The van der Waals surface area contributed by atoms with E-state index in [4.69, 9.17) is 5.73 Å². The van der Waals surface area contributed by atoms with Crippen molar-refractivity contribution in [2.45, 2.75) is 104 Å². The lowest BCUT2D eigenvalue weighted by Gasteiger charge is -2.63. The fraction of sp³-hybridized carbons (Fsp3) is 1.00. The van der Waals surface area contributed by atoms with E-state index in [0.717, 1.165) is 17.8 Å². The van der Waals surface area contributed by atoms with Crippen molar-refractivity contribution in [2.24, 2.45) is 50.6 Å². The summed E-state index contributed by atoms with van der Waals surface area (Å²) in [5.41, 5.74) is 9.43. The van der Waals surface area contributed by atoms with E-state index < -0.39 is 0 Å². The topological polar surface area (TPSA) is 29.3 Å². The molecule has 0 aromatic rings. The minimum absolute atomic E-state index is 0.339. The number of fused-ring (bicyclic) bond motifs is 2. The van der Waals surface area contributed by atoms with Crippen molar-refractivity contribution in [3.05, 3.63) is 0 Å². The minimum atomic E-state index is 0.339. The zero-order chi connectivity index (χ0) is 20.3. The lowest BCUT2D eigenvalue weighted by atomic mass is 9.42. The van der Waals surface area contributed by atoms with Crippen LogP contribution in [0.5, 0.6) is 0 Å². The lowest BCUT2D eigenvalue weighted by Crippen LogP contribution is -2.59. The fourth-order valence-corrected chi connectivity index (χ4v) is 10.6. The molecule has 2 spiro atoms. The summed E-state index contributed by atoms with van der Waals surface area (Å²) in [5, 5.41) is 0. The van der Waals surface area contributed by atoms with Crippen LogP contribution in [0.4, 0.5) is 0 Å². The van der Waals surface area contributed by atoms with E-state index >= 15 is 0 Å². The Morgan fingerprint density at radius 2 is 1.43 bits per heavy atom. The summed E-state index contributed by atoms with van der Waals surface area (Å²) in [6.07, 6.45) is 13.1. The van der Waals surface area contributed by atoms with Gasteiger partial charge in [0, 0.05) is 12.1 Å². The zero-order valence-electron chi connectivity index (χ0n) is 19.8. The second-order valence-corrected chi connectivity index (χ2v) is 13.3. The van der Waals surface area contributed by atoms with Gasteiger partial charge in [0.15, 0.2) is 0 Å². The predicted octanol–water partition coefficient (Wildman–Crippen LogP) is 5.70. The van der Waals surface area contributed by atoms with Crippen LogP contribution in [-0.4, -0.2) is 31.1 Å². The van der Waals surface area contributed by atoms with Crippen LogP contribution in [-0.2, 0) is 0 Å². The maximum atomic E-state index is 6.67. The molecule has 0 aromatic carbocycles. The van der Waals surface area contributed by atoms with Crippen LogP contribution >= 0.6 is 0 Å². The Labute approximate surface area is 174 Å². The molecule has 5 aliphatic carbocycles. The average Bonchev–Trinajstić information content (AvgIpc) is 3.21. The van der Waals surface area contributed by atoms with Crippen LogP contribution in [0.1, 0.15) is 92.4 Å². The molecular formula is C26H46N2. The molecule has 0 amide bonds. The van der Waals surface area contributed by atoms with Gasteiger partial charge in [-0.2, -0.15) is 0 Å². The van der Waals surface area contributed by atoms with Gasteiger partial charge in [-0.1, -0.05) is 27.7 Å². The molecule has 0 heterocycles. The van der Waals surface area contributed by atoms with Crippen LogP contribution in [0.3, 0.4) is 0 Å². The minimum Gasteiger partial charge on any atom is -0.327 e. The third kappa shape index (κ3) is 1.99. The van der Waals surface area contributed by atoms with Gasteiger partial charge >= 0.3 is 0 Å². The van der Waals surface area contributed by atoms with Gasteiger partial charge in [-0.05, 0) is 124 Å². The molecule has 5 rings (SSSR count). The fourth-order valence-electron chi connectivity index (χ4n) is 10.6. The Hall–Kier alpha value is -0.0800. The molecule has 28 heavy (non-hydrogen) atoms. The number of nitrogens with zero attached hydrogens (tertiary/aromatic N) is 1. The highest BCUT2D eigenvalue weighted by molar-refractivity contribution is 5.30. The number of nitrogens with two attached hydrogens (primary N) is 1. The molecule has 5 saturated carbocycles. The summed E-state index contributed by atoms with van der Waals surface area (Å²) in [6.45, 7) is 13.0. The second kappa shape index (κ2) is 5.58. The maximum Gasteiger partial charge on any atom is 0.00945 e. The average molecular weight is 387 g/mol. The predicted molar refractivity (Wildman–Crippen MR) is 118 cm³/mol. The molecule has 5 fully saturated rings. The molecule has 0 bridgehead atoms. The van der Waals surface area contributed by atoms with Gasteiger partial charge in [0.2, 0.25) is 0 Å².